The van der Waals surface area contributed by atoms with E-state index in [9.17, 15) is 14.4 Å². The van der Waals surface area contributed by atoms with Gasteiger partial charge in [0.2, 0.25) is 0 Å². The molecule has 0 bridgehead atoms. The molecule has 0 heterocycles. The lowest BCUT2D eigenvalue weighted by atomic mass is 10.2. The fraction of sp³-hybridized carbons (Fsp3) is 0.792. The topological polar surface area (TPSA) is 78.9 Å². The van der Waals surface area contributed by atoms with E-state index < -0.39 is 42.9 Å². The summed E-state index contributed by atoms with van der Waals surface area (Å²) in [6.07, 6.45) is 0.801. The molecule has 0 atom stereocenters. The average molecular weight is 517 g/mol. The number of hydrogen-bond donors (Lipinski definition) is 0. The van der Waals surface area contributed by atoms with E-state index in [0.717, 1.165) is 6.08 Å². The Balaban J connectivity index is 6.01. The minimum atomic E-state index is -2.46. The molecular weight excluding hydrogens is 469 g/mol. The van der Waals surface area contributed by atoms with Crippen LogP contribution in [0.4, 0.5) is 0 Å². The van der Waals surface area contributed by atoms with Crippen LogP contribution >= 0.6 is 0 Å². The standard InChI is InChI=1S/C24H48O6Si3/c1-22(2,3)31(10,11)28-19(25)16-18(21(27)30-33(14,15)24(7,8)9)17-20(26)29-32(12,13)23(4,5)6/h16H,17H2,1-15H3/b18-16-. The highest BCUT2D eigenvalue weighted by Crippen LogP contribution is 2.39. The van der Waals surface area contributed by atoms with Crippen LogP contribution in [0.2, 0.25) is 54.4 Å². The van der Waals surface area contributed by atoms with Gasteiger partial charge in [-0.25, -0.2) is 9.59 Å². The fourth-order valence-electron chi connectivity index (χ4n) is 1.84. The summed E-state index contributed by atoms with van der Waals surface area (Å²) in [6, 6.07) is 0. The van der Waals surface area contributed by atoms with Crippen molar-refractivity contribution in [3.63, 3.8) is 0 Å². The van der Waals surface area contributed by atoms with Gasteiger partial charge in [-0.05, 0) is 54.4 Å². The van der Waals surface area contributed by atoms with Gasteiger partial charge in [0.05, 0.1) is 12.0 Å². The van der Waals surface area contributed by atoms with Crippen molar-refractivity contribution in [1.29, 1.82) is 0 Å². The van der Waals surface area contributed by atoms with E-state index in [0.29, 0.717) is 0 Å². The Kier molecular flexibility index (Phi) is 9.82. The van der Waals surface area contributed by atoms with Crippen LogP contribution < -0.4 is 0 Å². The monoisotopic (exact) mass is 516 g/mol. The Bertz CT molecular complexity index is 775. The predicted octanol–water partition coefficient (Wildman–Crippen LogP) is 6.95. The molecule has 0 N–H and O–H groups in total. The molecular formula is C24H48O6Si3. The van der Waals surface area contributed by atoms with Crippen molar-refractivity contribution in [2.45, 2.75) is 123 Å². The minimum Gasteiger partial charge on any atom is -0.519 e. The summed E-state index contributed by atoms with van der Waals surface area (Å²) >= 11 is 0. The smallest absolute Gasteiger partial charge is 0.321 e. The van der Waals surface area contributed by atoms with Gasteiger partial charge < -0.3 is 13.3 Å². The van der Waals surface area contributed by atoms with E-state index in [2.05, 4.69) is 0 Å². The molecule has 0 aliphatic carbocycles. The maximum atomic E-state index is 13.2. The third-order valence-electron chi connectivity index (χ3n) is 7.38. The van der Waals surface area contributed by atoms with E-state index in [-0.39, 0.29) is 27.1 Å². The Hall–Kier alpha value is -1.20. The highest BCUT2D eigenvalue weighted by atomic mass is 28.4. The number of rotatable bonds is 7. The Morgan fingerprint density at radius 1 is 0.606 bits per heavy atom. The molecule has 0 unspecified atom stereocenters. The Labute approximate surface area is 205 Å². The first-order chi connectivity index (χ1) is 14.2. The van der Waals surface area contributed by atoms with Crippen LogP contribution in [-0.4, -0.2) is 42.9 Å². The van der Waals surface area contributed by atoms with Gasteiger partial charge in [-0.15, -0.1) is 0 Å². The molecule has 0 amide bonds. The molecule has 0 aromatic rings. The molecule has 33 heavy (non-hydrogen) atoms. The predicted molar refractivity (Wildman–Crippen MR) is 143 cm³/mol. The zero-order valence-electron chi connectivity index (χ0n) is 23.7. The third-order valence-corrected chi connectivity index (χ3v) is 20.4. The molecule has 0 saturated heterocycles. The van der Waals surface area contributed by atoms with E-state index in [1.807, 2.05) is 102 Å². The summed E-state index contributed by atoms with van der Waals surface area (Å²) in [4.78, 5) is 38.8. The van der Waals surface area contributed by atoms with Gasteiger partial charge >= 0.3 is 11.9 Å². The molecule has 0 fully saturated rings. The fourth-order valence-corrected chi connectivity index (χ4v) is 4.55. The summed E-state index contributed by atoms with van der Waals surface area (Å²) in [5, 5.41) is -0.563. The molecule has 0 rings (SSSR count). The van der Waals surface area contributed by atoms with Crippen LogP contribution in [-0.2, 0) is 27.7 Å². The van der Waals surface area contributed by atoms with E-state index in [4.69, 9.17) is 13.3 Å². The minimum absolute atomic E-state index is 0.0211. The van der Waals surface area contributed by atoms with Crippen LogP contribution in [0.3, 0.4) is 0 Å². The molecule has 0 saturated carbocycles. The van der Waals surface area contributed by atoms with E-state index >= 15 is 0 Å². The summed E-state index contributed by atoms with van der Waals surface area (Å²) in [5.41, 5.74) is -0.0211. The van der Waals surface area contributed by atoms with Crippen molar-refractivity contribution >= 4 is 42.9 Å². The molecule has 6 nitrogen and oxygen atoms in total. The summed E-state index contributed by atoms with van der Waals surface area (Å²) in [5.74, 6) is -1.80. The first-order valence-electron chi connectivity index (χ1n) is 11.6. The zero-order chi connectivity index (χ0) is 26.8. The van der Waals surface area contributed by atoms with Crippen molar-refractivity contribution in [1.82, 2.24) is 0 Å². The SMILES string of the molecule is CC(C)(C)[Si](C)(C)OC(=O)/C=C(/CC(=O)O[Si](C)(C)C(C)(C)C)C(=O)O[Si](C)(C)C(C)(C)C. The number of carbonyl (C=O) groups is 3. The second kappa shape index (κ2) is 10.2. The lowest BCUT2D eigenvalue weighted by Gasteiger charge is -2.36. The lowest BCUT2D eigenvalue weighted by Crippen LogP contribution is -2.44. The molecule has 0 aliphatic rings. The largest absolute Gasteiger partial charge is 0.519 e. The van der Waals surface area contributed by atoms with Crippen molar-refractivity contribution in [3.8, 4) is 0 Å². The van der Waals surface area contributed by atoms with Crippen LogP contribution in [0.15, 0.2) is 11.6 Å². The highest BCUT2D eigenvalue weighted by Gasteiger charge is 2.43. The van der Waals surface area contributed by atoms with Crippen molar-refractivity contribution in [2.75, 3.05) is 0 Å². The lowest BCUT2D eigenvalue weighted by molar-refractivity contribution is -0.138. The quantitative estimate of drug-likeness (QED) is 0.269. The van der Waals surface area contributed by atoms with Gasteiger partial charge in [-0.1, -0.05) is 62.3 Å². The van der Waals surface area contributed by atoms with Gasteiger partial charge in [0.1, 0.15) is 0 Å². The maximum Gasteiger partial charge on any atom is 0.321 e. The first-order valence-corrected chi connectivity index (χ1v) is 20.3. The Morgan fingerprint density at radius 3 is 1.30 bits per heavy atom. The van der Waals surface area contributed by atoms with Crippen molar-refractivity contribution in [2.24, 2.45) is 0 Å². The zero-order valence-corrected chi connectivity index (χ0v) is 26.7. The summed E-state index contributed by atoms with van der Waals surface area (Å²) in [6.45, 7) is 30.0. The summed E-state index contributed by atoms with van der Waals surface area (Å²) < 4.78 is 17.5. The molecule has 0 aliphatic heterocycles. The van der Waals surface area contributed by atoms with Crippen LogP contribution in [0.5, 0.6) is 0 Å². The molecule has 9 heteroatoms. The number of hydrogen-bond acceptors (Lipinski definition) is 6. The van der Waals surface area contributed by atoms with Crippen LogP contribution in [0.25, 0.3) is 0 Å². The van der Waals surface area contributed by atoms with Gasteiger partial charge in [0, 0.05) is 6.08 Å². The normalized spacial score (nSPS) is 14.6. The van der Waals surface area contributed by atoms with Gasteiger partial charge in [0.15, 0.2) is 0 Å². The second-order valence-electron chi connectivity index (χ2n) is 13.4. The molecule has 0 aromatic carbocycles. The van der Waals surface area contributed by atoms with Crippen molar-refractivity contribution < 1.29 is 27.7 Å². The molecule has 0 aromatic heterocycles. The van der Waals surface area contributed by atoms with Crippen LogP contribution in [0, 0.1) is 0 Å². The third kappa shape index (κ3) is 9.16. The molecule has 0 spiro atoms. The van der Waals surface area contributed by atoms with E-state index in [1.165, 1.54) is 0 Å². The first kappa shape index (κ1) is 31.8. The average Bonchev–Trinajstić information content (AvgIpc) is 2.49. The maximum absolute atomic E-state index is 13.2. The van der Waals surface area contributed by atoms with Crippen LogP contribution in [0.1, 0.15) is 68.7 Å². The Morgan fingerprint density at radius 2 is 0.939 bits per heavy atom. The van der Waals surface area contributed by atoms with Gasteiger partial charge in [0.25, 0.3) is 30.9 Å². The highest BCUT2D eigenvalue weighted by molar-refractivity contribution is 6.76. The van der Waals surface area contributed by atoms with Gasteiger partial charge in [-0.3, -0.25) is 4.79 Å². The van der Waals surface area contributed by atoms with E-state index in [1.54, 1.807) is 0 Å². The number of carbonyl (C=O) groups excluding carboxylic acids is 3. The molecule has 0 radical (unpaired) electrons. The second-order valence-corrected chi connectivity index (χ2v) is 27.6. The summed E-state index contributed by atoms with van der Waals surface area (Å²) in [7, 11) is -7.24. The van der Waals surface area contributed by atoms with Crippen molar-refractivity contribution in [3.05, 3.63) is 11.6 Å². The molecule has 192 valence electrons. The van der Waals surface area contributed by atoms with Gasteiger partial charge in [-0.2, -0.15) is 0 Å².